The molecule has 5 heteroatoms. The van der Waals surface area contributed by atoms with E-state index in [-0.39, 0.29) is 17.4 Å². The smallest absolute Gasteiger partial charge is 0.245 e. The van der Waals surface area contributed by atoms with Crippen LogP contribution in [0, 0.1) is 0 Å². The molecule has 0 saturated carbocycles. The highest BCUT2D eigenvalue weighted by molar-refractivity contribution is 5.80. The van der Waals surface area contributed by atoms with Gasteiger partial charge in [-0.25, -0.2) is 4.98 Å². The monoisotopic (exact) mass is 276 g/mol. The Hall–Kier alpha value is -1.36. The molecule has 1 N–H and O–H groups in total. The van der Waals surface area contributed by atoms with Gasteiger partial charge in [0.25, 0.3) is 0 Å². The molecule has 0 aromatic carbocycles. The summed E-state index contributed by atoms with van der Waals surface area (Å²) in [5, 5.41) is 3.42. The van der Waals surface area contributed by atoms with Crippen LogP contribution in [0.4, 0.5) is 0 Å². The predicted octanol–water partition coefficient (Wildman–Crippen LogP) is 1.32. The molecule has 0 aliphatic carbocycles. The van der Waals surface area contributed by atoms with Gasteiger partial charge in [0, 0.05) is 36.9 Å². The van der Waals surface area contributed by atoms with Crippen LogP contribution in [0.1, 0.15) is 44.8 Å². The lowest BCUT2D eigenvalue weighted by Crippen LogP contribution is -2.36. The number of nitrogens with zero attached hydrogens (tertiary/aromatic N) is 3. The molecule has 2 fully saturated rings. The fourth-order valence-corrected chi connectivity index (χ4v) is 3.44. The van der Waals surface area contributed by atoms with Crippen LogP contribution in [0.15, 0.2) is 12.5 Å². The van der Waals surface area contributed by atoms with Gasteiger partial charge in [-0.3, -0.25) is 4.79 Å². The first-order chi connectivity index (χ1) is 9.62. The van der Waals surface area contributed by atoms with Crippen LogP contribution in [-0.2, 0) is 10.2 Å². The summed E-state index contributed by atoms with van der Waals surface area (Å²) in [6, 6.07) is -0.150. The average molecular weight is 276 g/mol. The molecule has 110 valence electrons. The first kappa shape index (κ1) is 13.6. The van der Waals surface area contributed by atoms with Crippen molar-refractivity contribution in [2.24, 2.45) is 0 Å². The molecule has 2 aliphatic heterocycles. The molecule has 1 amide bonds. The summed E-state index contributed by atoms with van der Waals surface area (Å²) in [7, 11) is 0. The molecule has 2 unspecified atom stereocenters. The normalized spacial score (nSPS) is 28.0. The van der Waals surface area contributed by atoms with E-state index >= 15 is 0 Å². The first-order valence-electron chi connectivity index (χ1n) is 7.64. The highest BCUT2D eigenvalue weighted by Gasteiger charge is 2.35. The number of likely N-dealkylation sites (tertiary alicyclic amines) is 1. The van der Waals surface area contributed by atoms with Crippen LogP contribution >= 0.6 is 0 Å². The molecule has 0 radical (unpaired) electrons. The molecule has 3 rings (SSSR count). The van der Waals surface area contributed by atoms with Gasteiger partial charge in [0.1, 0.15) is 6.04 Å². The molecule has 1 aromatic rings. The molecule has 0 bridgehead atoms. The largest absolute Gasteiger partial charge is 0.341 e. The molecular formula is C15H24N4O. The molecule has 5 nitrogen and oxygen atoms in total. The van der Waals surface area contributed by atoms with Gasteiger partial charge in [-0.15, -0.1) is 0 Å². The Kier molecular flexibility index (Phi) is 3.54. The molecule has 20 heavy (non-hydrogen) atoms. The number of nitrogens with one attached hydrogen (secondary N) is 1. The van der Waals surface area contributed by atoms with E-state index in [4.69, 9.17) is 0 Å². The van der Waals surface area contributed by atoms with E-state index < -0.39 is 0 Å². The van der Waals surface area contributed by atoms with Gasteiger partial charge in [0.15, 0.2) is 0 Å². The van der Waals surface area contributed by atoms with E-state index in [1.54, 1.807) is 0 Å². The van der Waals surface area contributed by atoms with Crippen molar-refractivity contribution in [2.75, 3.05) is 26.2 Å². The van der Waals surface area contributed by atoms with E-state index in [9.17, 15) is 4.79 Å². The Labute approximate surface area is 120 Å². The summed E-state index contributed by atoms with van der Waals surface area (Å²) >= 11 is 0. The number of amides is 1. The zero-order chi connectivity index (χ0) is 14.2. The summed E-state index contributed by atoms with van der Waals surface area (Å²) < 4.78 is 2.08. The van der Waals surface area contributed by atoms with E-state index in [1.165, 1.54) is 5.69 Å². The predicted molar refractivity (Wildman–Crippen MR) is 77.6 cm³/mol. The second kappa shape index (κ2) is 5.20. The van der Waals surface area contributed by atoms with Gasteiger partial charge >= 0.3 is 0 Å². The van der Waals surface area contributed by atoms with Crippen LogP contribution in [0.3, 0.4) is 0 Å². The molecule has 3 heterocycles. The van der Waals surface area contributed by atoms with Crippen molar-refractivity contribution in [1.82, 2.24) is 19.8 Å². The molecule has 2 saturated heterocycles. The maximum Gasteiger partial charge on any atom is 0.245 e. The maximum atomic E-state index is 12.6. The Balaban J connectivity index is 1.83. The zero-order valence-corrected chi connectivity index (χ0v) is 12.4. The van der Waals surface area contributed by atoms with Crippen molar-refractivity contribution in [3.8, 4) is 0 Å². The summed E-state index contributed by atoms with van der Waals surface area (Å²) in [5.41, 5.74) is 1.28. The minimum atomic E-state index is -0.150. The highest BCUT2D eigenvalue weighted by atomic mass is 16.2. The third kappa shape index (κ3) is 2.24. The van der Waals surface area contributed by atoms with Gasteiger partial charge in [-0.2, -0.15) is 0 Å². The topological polar surface area (TPSA) is 50.2 Å². The molecular weight excluding hydrogens is 252 g/mol. The standard InChI is InChI=1S/C15H24N4O/c1-12(14(20)18-7-3-4-8-18)19-11-17-9-13(19)15(2)5-6-16-10-15/h9,11-12,16H,3-8,10H2,1-2H3. The Morgan fingerprint density at radius 2 is 2.20 bits per heavy atom. The van der Waals surface area contributed by atoms with Crippen molar-refractivity contribution in [1.29, 1.82) is 0 Å². The SMILES string of the molecule is CC(C(=O)N1CCCC1)n1cncc1C1(C)CCNC1. The number of rotatable bonds is 3. The van der Waals surface area contributed by atoms with Gasteiger partial charge in [-0.05, 0) is 32.7 Å². The number of imidazole rings is 1. The van der Waals surface area contributed by atoms with Crippen LogP contribution in [-0.4, -0.2) is 46.5 Å². The first-order valence-corrected chi connectivity index (χ1v) is 7.64. The van der Waals surface area contributed by atoms with Crippen LogP contribution < -0.4 is 5.32 Å². The van der Waals surface area contributed by atoms with Crippen molar-refractivity contribution in [3.63, 3.8) is 0 Å². The van der Waals surface area contributed by atoms with Crippen molar-refractivity contribution >= 4 is 5.91 Å². The van der Waals surface area contributed by atoms with Crippen molar-refractivity contribution in [2.45, 2.75) is 44.6 Å². The van der Waals surface area contributed by atoms with Gasteiger partial charge < -0.3 is 14.8 Å². The lowest BCUT2D eigenvalue weighted by molar-refractivity contribution is -0.133. The summed E-state index contributed by atoms with van der Waals surface area (Å²) in [6.45, 7) is 8.07. The Bertz CT molecular complexity index is 484. The number of hydrogen-bond acceptors (Lipinski definition) is 3. The maximum absolute atomic E-state index is 12.6. The third-order valence-electron chi connectivity index (χ3n) is 4.85. The lowest BCUT2D eigenvalue weighted by Gasteiger charge is -2.28. The number of carbonyl (C=O) groups excluding carboxylic acids is 1. The van der Waals surface area contributed by atoms with Crippen LogP contribution in [0.25, 0.3) is 0 Å². The van der Waals surface area contributed by atoms with Crippen molar-refractivity contribution < 1.29 is 4.79 Å². The molecule has 0 spiro atoms. The molecule has 2 atom stereocenters. The number of carbonyl (C=O) groups is 1. The number of aromatic nitrogens is 2. The van der Waals surface area contributed by atoms with Gasteiger partial charge in [-0.1, -0.05) is 6.92 Å². The van der Waals surface area contributed by atoms with E-state index in [1.807, 2.05) is 24.3 Å². The van der Waals surface area contributed by atoms with Crippen LogP contribution in [0.5, 0.6) is 0 Å². The second-order valence-corrected chi connectivity index (χ2v) is 6.38. The molecule has 1 aromatic heterocycles. The molecule has 2 aliphatic rings. The number of hydrogen-bond donors (Lipinski definition) is 1. The zero-order valence-electron chi connectivity index (χ0n) is 12.4. The van der Waals surface area contributed by atoms with Crippen molar-refractivity contribution in [3.05, 3.63) is 18.2 Å². The van der Waals surface area contributed by atoms with E-state index in [0.717, 1.165) is 45.4 Å². The van der Waals surface area contributed by atoms with E-state index in [0.29, 0.717) is 0 Å². The van der Waals surface area contributed by atoms with Gasteiger partial charge in [0.2, 0.25) is 5.91 Å². The quantitative estimate of drug-likeness (QED) is 0.906. The fraction of sp³-hybridized carbons (Fsp3) is 0.733. The second-order valence-electron chi connectivity index (χ2n) is 6.38. The highest BCUT2D eigenvalue weighted by Crippen LogP contribution is 2.31. The summed E-state index contributed by atoms with van der Waals surface area (Å²) in [5.74, 6) is 0.233. The van der Waals surface area contributed by atoms with E-state index in [2.05, 4.69) is 21.8 Å². The minimum Gasteiger partial charge on any atom is -0.341 e. The summed E-state index contributed by atoms with van der Waals surface area (Å²) in [4.78, 5) is 18.9. The Morgan fingerprint density at radius 1 is 1.45 bits per heavy atom. The third-order valence-corrected chi connectivity index (χ3v) is 4.85. The summed E-state index contributed by atoms with van der Waals surface area (Å²) in [6.07, 6.45) is 7.12. The average Bonchev–Trinajstić information content (AvgIpc) is 3.17. The minimum absolute atomic E-state index is 0.0933. The van der Waals surface area contributed by atoms with Gasteiger partial charge in [0.05, 0.1) is 6.33 Å². The van der Waals surface area contributed by atoms with Crippen LogP contribution in [0.2, 0.25) is 0 Å². The Morgan fingerprint density at radius 3 is 2.85 bits per heavy atom. The fourth-order valence-electron chi connectivity index (χ4n) is 3.44. The lowest BCUT2D eigenvalue weighted by atomic mass is 9.86.